The average Bonchev–Trinajstić information content (AvgIpc) is 2.97. The van der Waals surface area contributed by atoms with Crippen molar-refractivity contribution in [3.05, 3.63) is 64.4 Å². The van der Waals surface area contributed by atoms with Crippen molar-refractivity contribution in [2.24, 2.45) is 5.41 Å². The molecule has 40 heavy (non-hydrogen) atoms. The number of ether oxygens (including phenoxy) is 2. The molecule has 1 heterocycles. The molecule has 0 saturated heterocycles. The molecule has 2 aromatic carbocycles. The highest BCUT2D eigenvalue weighted by Crippen LogP contribution is 2.35. The molecule has 1 atom stereocenters. The molecule has 0 amide bonds. The van der Waals surface area contributed by atoms with Crippen molar-refractivity contribution in [1.82, 2.24) is 15.5 Å². The van der Waals surface area contributed by atoms with E-state index in [2.05, 4.69) is 27.8 Å². The van der Waals surface area contributed by atoms with Crippen molar-refractivity contribution in [3.8, 4) is 5.75 Å². The number of fused-ring (bicyclic) bond motifs is 1. The Morgan fingerprint density at radius 2 is 1.60 bits per heavy atom. The summed E-state index contributed by atoms with van der Waals surface area (Å²) < 4.78 is 11.1. The summed E-state index contributed by atoms with van der Waals surface area (Å²) in [7, 11) is 1.42. The van der Waals surface area contributed by atoms with E-state index in [9.17, 15) is 9.59 Å². The number of carbonyl (C=O) groups is 1. The molecule has 0 bridgehead atoms. The quantitative estimate of drug-likeness (QED) is 0.125. The number of hydrogen-bond donors (Lipinski definition) is 3. The maximum Gasteiger partial charge on any atom is 0.313 e. The molecule has 3 aromatic rings. The van der Waals surface area contributed by atoms with Gasteiger partial charge in [-0.2, -0.15) is 5.10 Å². The Kier molecular flexibility index (Phi) is 12.5. The Morgan fingerprint density at radius 3 is 2.30 bits per heavy atom. The van der Waals surface area contributed by atoms with Gasteiger partial charge in [-0.25, -0.2) is 5.10 Å². The topological polar surface area (TPSA) is 105 Å². The molecule has 0 saturated carbocycles. The average molecular weight is 551 g/mol. The highest BCUT2D eigenvalue weighted by molar-refractivity contribution is 5.90. The summed E-state index contributed by atoms with van der Waals surface area (Å²) >= 11 is 0. The van der Waals surface area contributed by atoms with Crippen LogP contribution in [-0.2, 0) is 9.53 Å². The third kappa shape index (κ3) is 8.81. The first kappa shape index (κ1) is 31.1. The Bertz CT molecular complexity index is 1240. The van der Waals surface area contributed by atoms with Gasteiger partial charge in [0.25, 0.3) is 5.56 Å². The number of methoxy groups -OCH3 is 1. The van der Waals surface area contributed by atoms with Crippen LogP contribution in [0.1, 0.15) is 83.7 Å². The summed E-state index contributed by atoms with van der Waals surface area (Å²) in [5, 5.41) is 15.0. The van der Waals surface area contributed by atoms with E-state index in [1.54, 1.807) is 6.07 Å². The Labute approximate surface area is 238 Å². The van der Waals surface area contributed by atoms with Gasteiger partial charge in [0.1, 0.15) is 5.75 Å². The zero-order valence-corrected chi connectivity index (χ0v) is 24.6. The Hall–Kier alpha value is -3.39. The van der Waals surface area contributed by atoms with Crippen molar-refractivity contribution in [3.63, 3.8) is 0 Å². The molecule has 218 valence electrons. The van der Waals surface area contributed by atoms with Gasteiger partial charge in [-0.3, -0.25) is 9.59 Å². The van der Waals surface area contributed by atoms with Crippen LogP contribution in [-0.4, -0.2) is 43.0 Å². The van der Waals surface area contributed by atoms with Gasteiger partial charge < -0.3 is 20.1 Å². The fourth-order valence-electron chi connectivity index (χ4n) is 4.97. The van der Waals surface area contributed by atoms with Crippen molar-refractivity contribution in [1.29, 1.82) is 0 Å². The molecule has 0 spiro atoms. The Balaban J connectivity index is 1.53. The highest BCUT2D eigenvalue weighted by Gasteiger charge is 2.38. The SMILES string of the molecule is CCCCCCCCCOc1ccc(C(NCCCNc2n[nH]c(=O)c3ccccc23)C(C)(C)C(=O)OC)cc1. The largest absolute Gasteiger partial charge is 0.494 e. The number of unbranched alkanes of at least 4 members (excludes halogenated alkanes) is 6. The minimum atomic E-state index is -0.779. The van der Waals surface area contributed by atoms with Gasteiger partial charge in [-0.15, -0.1) is 0 Å². The predicted octanol–water partition coefficient (Wildman–Crippen LogP) is 6.38. The summed E-state index contributed by atoms with van der Waals surface area (Å²) in [4.78, 5) is 24.7. The minimum Gasteiger partial charge on any atom is -0.494 e. The standard InChI is InChI=1S/C32H46N4O4/c1-5-6-7-8-9-10-13-23-40-25-19-17-24(18-20-25)28(32(2,3)31(38)39-4)33-21-14-22-34-29-26-15-11-12-16-27(26)30(37)36-35-29/h11-12,15-20,28,33H,5-10,13-14,21-23H2,1-4H3,(H,34,35)(H,36,37). The van der Waals surface area contributed by atoms with E-state index < -0.39 is 5.41 Å². The van der Waals surface area contributed by atoms with Crippen LogP contribution < -0.4 is 20.9 Å². The fraction of sp³-hybridized carbons (Fsp3) is 0.531. The zero-order valence-electron chi connectivity index (χ0n) is 24.6. The number of hydrogen-bond acceptors (Lipinski definition) is 7. The van der Waals surface area contributed by atoms with E-state index in [1.807, 2.05) is 56.3 Å². The number of benzene rings is 2. The predicted molar refractivity (Wildman–Crippen MR) is 162 cm³/mol. The number of nitrogens with zero attached hydrogens (tertiary/aromatic N) is 1. The second-order valence-corrected chi connectivity index (χ2v) is 10.9. The van der Waals surface area contributed by atoms with Gasteiger partial charge in [0.15, 0.2) is 5.82 Å². The van der Waals surface area contributed by atoms with Gasteiger partial charge >= 0.3 is 5.97 Å². The van der Waals surface area contributed by atoms with Crippen LogP contribution in [0, 0.1) is 5.41 Å². The molecular weight excluding hydrogens is 504 g/mol. The molecule has 0 aliphatic rings. The van der Waals surface area contributed by atoms with Crippen LogP contribution in [0.15, 0.2) is 53.3 Å². The monoisotopic (exact) mass is 550 g/mol. The molecule has 0 aliphatic heterocycles. The number of esters is 1. The summed E-state index contributed by atoms with van der Waals surface area (Å²) in [6, 6.07) is 15.2. The van der Waals surface area contributed by atoms with E-state index in [0.717, 1.165) is 36.1 Å². The second kappa shape index (κ2) is 16.0. The third-order valence-electron chi connectivity index (χ3n) is 7.35. The van der Waals surface area contributed by atoms with Crippen molar-refractivity contribution >= 4 is 22.6 Å². The Morgan fingerprint density at radius 1 is 0.925 bits per heavy atom. The number of carbonyl (C=O) groups excluding carboxylic acids is 1. The normalized spacial score (nSPS) is 12.3. The lowest BCUT2D eigenvalue weighted by molar-refractivity contribution is -0.152. The molecular formula is C32H46N4O4. The smallest absolute Gasteiger partial charge is 0.313 e. The number of anilines is 1. The van der Waals surface area contributed by atoms with Crippen molar-refractivity contribution in [2.45, 2.75) is 78.2 Å². The van der Waals surface area contributed by atoms with Gasteiger partial charge in [0.05, 0.1) is 24.5 Å². The van der Waals surface area contributed by atoms with Gasteiger partial charge in [0.2, 0.25) is 0 Å². The number of aromatic nitrogens is 2. The van der Waals surface area contributed by atoms with Crippen LogP contribution in [0.25, 0.3) is 10.8 Å². The number of aromatic amines is 1. The number of nitrogens with one attached hydrogen (secondary N) is 3. The summed E-state index contributed by atoms with van der Waals surface area (Å²) in [5.41, 5.74) is 0.0174. The van der Waals surface area contributed by atoms with Gasteiger partial charge in [-0.1, -0.05) is 75.8 Å². The van der Waals surface area contributed by atoms with E-state index >= 15 is 0 Å². The van der Waals surface area contributed by atoms with Crippen LogP contribution in [0.5, 0.6) is 5.75 Å². The zero-order chi connectivity index (χ0) is 28.8. The summed E-state index contributed by atoms with van der Waals surface area (Å²) in [6.45, 7) is 8.06. The molecule has 0 fully saturated rings. The summed E-state index contributed by atoms with van der Waals surface area (Å²) in [5.74, 6) is 1.22. The first-order chi connectivity index (χ1) is 19.4. The molecule has 8 nitrogen and oxygen atoms in total. The van der Waals surface area contributed by atoms with Crippen molar-refractivity contribution in [2.75, 3.05) is 32.1 Å². The number of H-pyrrole nitrogens is 1. The van der Waals surface area contributed by atoms with Gasteiger partial charge in [-0.05, 0) is 57.0 Å². The molecule has 8 heteroatoms. The van der Waals surface area contributed by atoms with E-state index in [-0.39, 0.29) is 17.6 Å². The molecule has 0 aliphatic carbocycles. The molecule has 1 unspecified atom stereocenters. The molecule has 3 rings (SSSR count). The van der Waals surface area contributed by atoms with E-state index in [4.69, 9.17) is 9.47 Å². The summed E-state index contributed by atoms with van der Waals surface area (Å²) in [6.07, 6.45) is 9.55. The number of rotatable bonds is 18. The van der Waals surface area contributed by atoms with Crippen molar-refractivity contribution < 1.29 is 14.3 Å². The van der Waals surface area contributed by atoms with Gasteiger partial charge in [0, 0.05) is 18.0 Å². The molecule has 1 aromatic heterocycles. The first-order valence-electron chi connectivity index (χ1n) is 14.6. The lowest BCUT2D eigenvalue weighted by Gasteiger charge is -2.33. The van der Waals surface area contributed by atoms with Crippen LogP contribution in [0.2, 0.25) is 0 Å². The van der Waals surface area contributed by atoms with Crippen LogP contribution in [0.3, 0.4) is 0 Å². The van der Waals surface area contributed by atoms with E-state index in [0.29, 0.717) is 24.3 Å². The van der Waals surface area contributed by atoms with Crippen LogP contribution >= 0.6 is 0 Å². The maximum absolute atomic E-state index is 12.7. The fourth-order valence-corrected chi connectivity index (χ4v) is 4.97. The van der Waals surface area contributed by atoms with E-state index in [1.165, 1.54) is 45.6 Å². The lowest BCUT2D eigenvalue weighted by atomic mass is 9.80. The minimum absolute atomic E-state index is 0.204. The molecule has 0 radical (unpaired) electrons. The first-order valence-corrected chi connectivity index (χ1v) is 14.6. The van der Waals surface area contributed by atoms with Crippen LogP contribution in [0.4, 0.5) is 5.82 Å². The maximum atomic E-state index is 12.7. The second-order valence-electron chi connectivity index (χ2n) is 10.9. The molecule has 3 N–H and O–H groups in total. The lowest BCUT2D eigenvalue weighted by Crippen LogP contribution is -2.41. The highest BCUT2D eigenvalue weighted by atomic mass is 16.5. The third-order valence-corrected chi connectivity index (χ3v) is 7.35.